The molecule has 0 radical (unpaired) electrons. The molecule has 1 heterocycles. The van der Waals surface area contributed by atoms with E-state index >= 15 is 0 Å². The largest absolute Gasteiger partial charge is 0.455 e. The Hall–Kier alpha value is -4.36. The highest BCUT2D eigenvalue weighted by atomic mass is 35.5. The second kappa shape index (κ2) is 10.9. The van der Waals surface area contributed by atoms with E-state index in [2.05, 4.69) is 15.8 Å². The molecular weight excluding hydrogens is 502 g/mol. The Morgan fingerprint density at radius 1 is 0.947 bits per heavy atom. The average molecular weight is 528 g/mol. The van der Waals surface area contributed by atoms with Crippen molar-refractivity contribution in [3.8, 4) is 11.5 Å². The van der Waals surface area contributed by atoms with Gasteiger partial charge in [0.2, 0.25) is 0 Å². The van der Waals surface area contributed by atoms with Crippen molar-refractivity contribution in [3.05, 3.63) is 112 Å². The van der Waals surface area contributed by atoms with Crippen LogP contribution < -0.4 is 15.5 Å². The first-order valence-electron chi connectivity index (χ1n) is 12.3. The highest BCUT2D eigenvalue weighted by Crippen LogP contribution is 2.34. The molecule has 38 heavy (non-hydrogen) atoms. The minimum absolute atomic E-state index is 0.181. The number of carbonyl (C=O) groups is 2. The smallest absolute Gasteiger partial charge is 0.291 e. The molecule has 0 spiro atoms. The number of furan rings is 1. The Morgan fingerprint density at radius 2 is 1.71 bits per heavy atom. The Labute approximate surface area is 225 Å². The number of aryl methyl sites for hydroxylation is 2. The minimum Gasteiger partial charge on any atom is -0.455 e. The van der Waals surface area contributed by atoms with Gasteiger partial charge in [0, 0.05) is 28.1 Å². The van der Waals surface area contributed by atoms with Gasteiger partial charge in [-0.1, -0.05) is 47.5 Å². The predicted molar refractivity (Wildman–Crippen MR) is 147 cm³/mol. The van der Waals surface area contributed by atoms with E-state index in [-0.39, 0.29) is 11.7 Å². The molecule has 192 valence electrons. The average Bonchev–Trinajstić information content (AvgIpc) is 3.27. The van der Waals surface area contributed by atoms with Gasteiger partial charge in [0.1, 0.15) is 11.5 Å². The first-order valence-corrected chi connectivity index (χ1v) is 12.7. The van der Waals surface area contributed by atoms with E-state index in [1.807, 2.05) is 56.3 Å². The van der Waals surface area contributed by atoms with Crippen LogP contribution in [0.25, 0.3) is 0 Å². The Morgan fingerprint density at radius 3 is 2.47 bits per heavy atom. The van der Waals surface area contributed by atoms with E-state index < -0.39 is 5.91 Å². The van der Waals surface area contributed by atoms with Crippen LogP contribution in [0, 0.1) is 13.8 Å². The molecule has 8 heteroatoms. The lowest BCUT2D eigenvalue weighted by Gasteiger charge is -2.13. The van der Waals surface area contributed by atoms with Gasteiger partial charge in [0.05, 0.1) is 11.4 Å². The molecule has 0 fully saturated rings. The van der Waals surface area contributed by atoms with Crippen molar-refractivity contribution in [2.75, 3.05) is 5.32 Å². The summed E-state index contributed by atoms with van der Waals surface area (Å²) in [7, 11) is 0. The molecule has 4 aromatic rings. The van der Waals surface area contributed by atoms with Crippen LogP contribution in [-0.4, -0.2) is 17.5 Å². The standard InChI is InChI=1S/C30H26ClN3O4/c1-18-11-13-20(14-12-18)29(35)34-33-23-9-6-10-26-27(23)19(2)28(38-26)30(36)32-24-17-21(31)15-16-25(24)37-22-7-4-3-5-8-22/h3-5,7-8,11-17H,6,9-10H2,1-2H3,(H,32,36)(H,34,35)/b33-23+. The van der Waals surface area contributed by atoms with Crippen LogP contribution in [0.15, 0.2) is 82.3 Å². The number of benzene rings is 3. The Balaban J connectivity index is 1.38. The molecule has 0 bridgehead atoms. The van der Waals surface area contributed by atoms with Crippen molar-refractivity contribution in [2.45, 2.75) is 33.1 Å². The fourth-order valence-electron chi connectivity index (χ4n) is 4.37. The van der Waals surface area contributed by atoms with E-state index in [0.29, 0.717) is 57.6 Å². The van der Waals surface area contributed by atoms with E-state index in [9.17, 15) is 9.59 Å². The fourth-order valence-corrected chi connectivity index (χ4v) is 4.54. The van der Waals surface area contributed by atoms with Gasteiger partial charge in [-0.25, -0.2) is 5.43 Å². The predicted octanol–water partition coefficient (Wildman–Crippen LogP) is 7.06. The number of carbonyl (C=O) groups excluding carboxylic acids is 2. The summed E-state index contributed by atoms with van der Waals surface area (Å²) in [5, 5.41) is 7.73. The number of anilines is 1. The zero-order valence-corrected chi connectivity index (χ0v) is 21.8. The van der Waals surface area contributed by atoms with E-state index in [1.165, 1.54) is 0 Å². The topological polar surface area (TPSA) is 92.9 Å². The van der Waals surface area contributed by atoms with Gasteiger partial charge in [-0.3, -0.25) is 9.59 Å². The number of fused-ring (bicyclic) bond motifs is 1. The minimum atomic E-state index is -0.430. The van der Waals surface area contributed by atoms with Crippen LogP contribution in [0.5, 0.6) is 11.5 Å². The van der Waals surface area contributed by atoms with Crippen molar-refractivity contribution in [1.29, 1.82) is 0 Å². The van der Waals surface area contributed by atoms with Crippen LogP contribution in [0.4, 0.5) is 5.69 Å². The molecule has 0 saturated heterocycles. The zero-order valence-electron chi connectivity index (χ0n) is 21.0. The number of halogens is 1. The van der Waals surface area contributed by atoms with Crippen LogP contribution in [0.1, 0.15) is 56.2 Å². The Kier molecular flexibility index (Phi) is 7.29. The SMILES string of the molecule is Cc1ccc(C(=O)N/N=C2\CCCc3oc(C(=O)Nc4cc(Cl)ccc4Oc4ccccc4)c(C)c32)cc1. The highest BCUT2D eigenvalue weighted by molar-refractivity contribution is 6.31. The summed E-state index contributed by atoms with van der Waals surface area (Å²) in [5.74, 6) is 1.21. The van der Waals surface area contributed by atoms with Gasteiger partial charge >= 0.3 is 0 Å². The summed E-state index contributed by atoms with van der Waals surface area (Å²) in [4.78, 5) is 25.9. The number of rotatable bonds is 6. The number of hydrogen-bond acceptors (Lipinski definition) is 5. The van der Waals surface area contributed by atoms with Crippen molar-refractivity contribution >= 4 is 34.8 Å². The van der Waals surface area contributed by atoms with Crippen molar-refractivity contribution < 1.29 is 18.7 Å². The molecule has 0 unspecified atom stereocenters. The summed E-state index contributed by atoms with van der Waals surface area (Å²) in [6.45, 7) is 3.78. The van der Waals surface area contributed by atoms with Gasteiger partial charge in [-0.15, -0.1) is 0 Å². The van der Waals surface area contributed by atoms with Gasteiger partial charge < -0.3 is 14.5 Å². The highest BCUT2D eigenvalue weighted by Gasteiger charge is 2.28. The van der Waals surface area contributed by atoms with Crippen LogP contribution >= 0.6 is 11.6 Å². The summed E-state index contributed by atoms with van der Waals surface area (Å²) in [5.41, 5.74) is 6.76. The first kappa shape index (κ1) is 25.3. The molecule has 0 saturated carbocycles. The van der Waals surface area contributed by atoms with Crippen molar-refractivity contribution in [3.63, 3.8) is 0 Å². The summed E-state index contributed by atoms with van der Waals surface area (Å²) in [6.07, 6.45) is 2.13. The number of nitrogens with zero attached hydrogens (tertiary/aromatic N) is 1. The summed E-state index contributed by atoms with van der Waals surface area (Å²) in [6, 6.07) is 21.6. The number of hydrazone groups is 1. The maximum absolute atomic E-state index is 13.3. The lowest BCUT2D eigenvalue weighted by Crippen LogP contribution is -2.22. The molecule has 1 aromatic heterocycles. The van der Waals surface area contributed by atoms with E-state index in [1.54, 1.807) is 30.3 Å². The molecule has 5 rings (SSSR count). The maximum Gasteiger partial charge on any atom is 0.291 e. The number of amides is 2. The zero-order chi connectivity index (χ0) is 26.6. The normalized spacial score (nSPS) is 13.6. The third kappa shape index (κ3) is 5.48. The molecule has 7 nitrogen and oxygen atoms in total. The van der Waals surface area contributed by atoms with Crippen LogP contribution in [0.2, 0.25) is 5.02 Å². The third-order valence-electron chi connectivity index (χ3n) is 6.30. The lowest BCUT2D eigenvalue weighted by molar-refractivity contribution is 0.0953. The second-order valence-electron chi connectivity index (χ2n) is 9.08. The lowest BCUT2D eigenvalue weighted by atomic mass is 9.93. The number of hydrogen-bond donors (Lipinski definition) is 2. The number of ether oxygens (including phenoxy) is 1. The summed E-state index contributed by atoms with van der Waals surface area (Å²) < 4.78 is 12.0. The van der Waals surface area contributed by atoms with E-state index in [4.69, 9.17) is 20.8 Å². The molecular formula is C30H26ClN3O4. The molecule has 0 atom stereocenters. The van der Waals surface area contributed by atoms with Gasteiger partial charge in [0.15, 0.2) is 11.5 Å². The molecule has 0 aliphatic heterocycles. The molecule has 2 amide bonds. The summed E-state index contributed by atoms with van der Waals surface area (Å²) >= 11 is 6.21. The monoisotopic (exact) mass is 527 g/mol. The third-order valence-corrected chi connectivity index (χ3v) is 6.53. The number of nitrogens with one attached hydrogen (secondary N) is 2. The van der Waals surface area contributed by atoms with Gasteiger partial charge in [-0.2, -0.15) is 5.10 Å². The second-order valence-corrected chi connectivity index (χ2v) is 9.52. The van der Waals surface area contributed by atoms with Gasteiger partial charge in [-0.05, 0) is 69.2 Å². The Bertz CT molecular complexity index is 1530. The number of para-hydroxylation sites is 1. The van der Waals surface area contributed by atoms with Crippen LogP contribution in [0.3, 0.4) is 0 Å². The molecule has 1 aliphatic rings. The van der Waals surface area contributed by atoms with Crippen molar-refractivity contribution in [2.24, 2.45) is 5.10 Å². The fraction of sp³-hybridized carbons (Fsp3) is 0.167. The molecule has 2 N–H and O–H groups in total. The van der Waals surface area contributed by atoms with Gasteiger partial charge in [0.25, 0.3) is 11.8 Å². The molecule has 3 aromatic carbocycles. The van der Waals surface area contributed by atoms with Crippen molar-refractivity contribution in [1.82, 2.24) is 5.43 Å². The quantitative estimate of drug-likeness (QED) is 0.262. The maximum atomic E-state index is 13.3. The first-order chi connectivity index (χ1) is 18.4. The van der Waals surface area contributed by atoms with E-state index in [0.717, 1.165) is 17.5 Å². The van der Waals surface area contributed by atoms with Crippen LogP contribution in [-0.2, 0) is 6.42 Å². The molecule has 1 aliphatic carbocycles.